The van der Waals surface area contributed by atoms with Gasteiger partial charge in [0, 0.05) is 11.8 Å². The average Bonchev–Trinajstić information content (AvgIpc) is 2.39. The van der Waals surface area contributed by atoms with E-state index < -0.39 is 0 Å². The standard InChI is InChI=1S/C12H10N2O2/c1-16-12(15)10-4-2-3-9(7-10)11-5-6-13-8-14-11/h2-8H,1H3. The van der Waals surface area contributed by atoms with Gasteiger partial charge in [-0.25, -0.2) is 14.8 Å². The highest BCUT2D eigenvalue weighted by Crippen LogP contribution is 2.17. The van der Waals surface area contributed by atoms with Gasteiger partial charge in [-0.1, -0.05) is 12.1 Å². The molecule has 0 bridgehead atoms. The van der Waals surface area contributed by atoms with Gasteiger partial charge in [0.1, 0.15) is 6.33 Å². The van der Waals surface area contributed by atoms with Crippen molar-refractivity contribution in [3.05, 3.63) is 48.4 Å². The summed E-state index contributed by atoms with van der Waals surface area (Å²) in [6.45, 7) is 0. The van der Waals surface area contributed by atoms with E-state index in [-0.39, 0.29) is 5.97 Å². The number of rotatable bonds is 2. The first-order valence-corrected chi connectivity index (χ1v) is 4.76. The van der Waals surface area contributed by atoms with E-state index in [0.29, 0.717) is 5.56 Å². The van der Waals surface area contributed by atoms with E-state index in [0.717, 1.165) is 11.3 Å². The van der Waals surface area contributed by atoms with E-state index in [1.165, 1.54) is 13.4 Å². The highest BCUT2D eigenvalue weighted by atomic mass is 16.5. The van der Waals surface area contributed by atoms with Gasteiger partial charge in [0.05, 0.1) is 18.4 Å². The largest absolute Gasteiger partial charge is 0.465 e. The molecule has 4 heteroatoms. The summed E-state index contributed by atoms with van der Waals surface area (Å²) >= 11 is 0. The van der Waals surface area contributed by atoms with Gasteiger partial charge >= 0.3 is 5.97 Å². The molecule has 1 aromatic heterocycles. The molecule has 0 saturated carbocycles. The molecule has 2 aromatic rings. The number of esters is 1. The topological polar surface area (TPSA) is 52.1 Å². The summed E-state index contributed by atoms with van der Waals surface area (Å²) in [7, 11) is 1.36. The Morgan fingerprint density at radius 1 is 1.31 bits per heavy atom. The Hall–Kier alpha value is -2.23. The van der Waals surface area contributed by atoms with Crippen molar-refractivity contribution in [2.45, 2.75) is 0 Å². The molecule has 0 saturated heterocycles. The highest BCUT2D eigenvalue weighted by molar-refractivity contribution is 5.90. The van der Waals surface area contributed by atoms with Crippen LogP contribution in [0.3, 0.4) is 0 Å². The number of ether oxygens (including phenoxy) is 1. The van der Waals surface area contributed by atoms with Crippen molar-refractivity contribution in [1.29, 1.82) is 0 Å². The maximum Gasteiger partial charge on any atom is 0.337 e. The normalized spacial score (nSPS) is 9.81. The first kappa shape index (κ1) is 10.3. The van der Waals surface area contributed by atoms with Crippen molar-refractivity contribution in [2.24, 2.45) is 0 Å². The summed E-state index contributed by atoms with van der Waals surface area (Å²) in [4.78, 5) is 19.3. The van der Waals surface area contributed by atoms with Crippen molar-refractivity contribution >= 4 is 5.97 Å². The summed E-state index contributed by atoms with van der Waals surface area (Å²) in [6.07, 6.45) is 3.13. The molecule has 0 aliphatic carbocycles. The summed E-state index contributed by atoms with van der Waals surface area (Å²) in [6, 6.07) is 8.92. The Balaban J connectivity index is 2.40. The fourth-order valence-corrected chi connectivity index (χ4v) is 1.38. The summed E-state index contributed by atoms with van der Waals surface area (Å²) in [5.41, 5.74) is 2.16. The quantitative estimate of drug-likeness (QED) is 0.717. The molecule has 0 spiro atoms. The third-order valence-electron chi connectivity index (χ3n) is 2.16. The Bertz CT molecular complexity index is 497. The van der Waals surface area contributed by atoms with E-state index in [4.69, 9.17) is 0 Å². The molecule has 2 rings (SSSR count). The lowest BCUT2D eigenvalue weighted by molar-refractivity contribution is 0.0601. The predicted molar refractivity (Wildman–Crippen MR) is 58.8 cm³/mol. The predicted octanol–water partition coefficient (Wildman–Crippen LogP) is 1.93. The summed E-state index contributed by atoms with van der Waals surface area (Å²) in [5.74, 6) is -0.351. The number of carbonyl (C=O) groups excluding carboxylic acids is 1. The molecular formula is C12H10N2O2. The smallest absolute Gasteiger partial charge is 0.337 e. The molecule has 1 aromatic carbocycles. The summed E-state index contributed by atoms with van der Waals surface area (Å²) < 4.78 is 4.66. The van der Waals surface area contributed by atoms with Gasteiger partial charge in [0.25, 0.3) is 0 Å². The first-order valence-electron chi connectivity index (χ1n) is 4.76. The van der Waals surface area contributed by atoms with Gasteiger partial charge < -0.3 is 4.74 Å². The molecule has 0 radical (unpaired) electrons. The zero-order chi connectivity index (χ0) is 11.4. The van der Waals surface area contributed by atoms with Crippen LogP contribution in [0.5, 0.6) is 0 Å². The monoisotopic (exact) mass is 214 g/mol. The molecule has 0 aliphatic rings. The Kier molecular flexibility index (Phi) is 2.91. The molecule has 16 heavy (non-hydrogen) atoms. The number of nitrogens with zero attached hydrogens (tertiary/aromatic N) is 2. The second-order valence-corrected chi connectivity index (χ2v) is 3.17. The maximum absolute atomic E-state index is 11.3. The van der Waals surface area contributed by atoms with Crippen LogP contribution >= 0.6 is 0 Å². The van der Waals surface area contributed by atoms with Crippen LogP contribution in [-0.2, 0) is 4.74 Å². The molecule has 0 aliphatic heterocycles. The van der Waals surface area contributed by atoms with Gasteiger partial charge in [-0.2, -0.15) is 0 Å². The van der Waals surface area contributed by atoms with Crippen LogP contribution in [0.15, 0.2) is 42.9 Å². The molecule has 0 atom stereocenters. The highest BCUT2D eigenvalue weighted by Gasteiger charge is 2.06. The lowest BCUT2D eigenvalue weighted by atomic mass is 10.1. The number of benzene rings is 1. The van der Waals surface area contributed by atoms with Crippen LogP contribution in [0.1, 0.15) is 10.4 Å². The van der Waals surface area contributed by atoms with Crippen molar-refractivity contribution in [2.75, 3.05) is 7.11 Å². The molecule has 4 nitrogen and oxygen atoms in total. The van der Waals surface area contributed by atoms with Crippen molar-refractivity contribution in [3.63, 3.8) is 0 Å². The minimum Gasteiger partial charge on any atom is -0.465 e. The zero-order valence-corrected chi connectivity index (χ0v) is 8.75. The number of hydrogen-bond donors (Lipinski definition) is 0. The molecule has 0 N–H and O–H groups in total. The number of methoxy groups -OCH3 is 1. The molecule has 1 heterocycles. The maximum atomic E-state index is 11.3. The summed E-state index contributed by atoms with van der Waals surface area (Å²) in [5, 5.41) is 0. The van der Waals surface area contributed by atoms with Gasteiger partial charge in [-0.15, -0.1) is 0 Å². The second-order valence-electron chi connectivity index (χ2n) is 3.17. The van der Waals surface area contributed by atoms with E-state index >= 15 is 0 Å². The van der Waals surface area contributed by atoms with Gasteiger partial charge in [-0.05, 0) is 18.2 Å². The van der Waals surface area contributed by atoms with Gasteiger partial charge in [-0.3, -0.25) is 0 Å². The SMILES string of the molecule is COC(=O)c1cccc(-c2ccncn2)c1. The molecule has 0 fully saturated rings. The van der Waals surface area contributed by atoms with Crippen molar-refractivity contribution in [1.82, 2.24) is 9.97 Å². The molecule has 80 valence electrons. The Morgan fingerprint density at radius 2 is 2.19 bits per heavy atom. The van der Waals surface area contributed by atoms with Crippen LogP contribution in [0.2, 0.25) is 0 Å². The fraction of sp³-hybridized carbons (Fsp3) is 0.0833. The van der Waals surface area contributed by atoms with Gasteiger partial charge in [0.15, 0.2) is 0 Å². The minimum absolute atomic E-state index is 0.351. The van der Waals surface area contributed by atoms with Crippen LogP contribution in [-0.4, -0.2) is 23.0 Å². The minimum atomic E-state index is -0.351. The van der Waals surface area contributed by atoms with Crippen LogP contribution in [0, 0.1) is 0 Å². The third-order valence-corrected chi connectivity index (χ3v) is 2.16. The lowest BCUT2D eigenvalue weighted by Gasteiger charge is -2.02. The first-order chi connectivity index (χ1) is 7.81. The van der Waals surface area contributed by atoms with E-state index in [2.05, 4.69) is 14.7 Å². The lowest BCUT2D eigenvalue weighted by Crippen LogP contribution is -2.00. The van der Waals surface area contributed by atoms with Gasteiger partial charge in [0.2, 0.25) is 0 Å². The second kappa shape index (κ2) is 4.53. The number of aromatic nitrogens is 2. The average molecular weight is 214 g/mol. The number of carbonyl (C=O) groups is 1. The van der Waals surface area contributed by atoms with Crippen LogP contribution < -0.4 is 0 Å². The van der Waals surface area contributed by atoms with Crippen LogP contribution in [0.4, 0.5) is 0 Å². The number of hydrogen-bond acceptors (Lipinski definition) is 4. The fourth-order valence-electron chi connectivity index (χ4n) is 1.38. The Morgan fingerprint density at radius 3 is 2.88 bits per heavy atom. The molecule has 0 amide bonds. The Labute approximate surface area is 92.9 Å². The van der Waals surface area contributed by atoms with E-state index in [1.807, 2.05) is 6.07 Å². The van der Waals surface area contributed by atoms with Crippen molar-refractivity contribution in [3.8, 4) is 11.3 Å². The van der Waals surface area contributed by atoms with E-state index in [1.54, 1.807) is 30.5 Å². The molecular weight excluding hydrogens is 204 g/mol. The third kappa shape index (κ3) is 2.06. The van der Waals surface area contributed by atoms with Crippen molar-refractivity contribution < 1.29 is 9.53 Å². The van der Waals surface area contributed by atoms with E-state index in [9.17, 15) is 4.79 Å². The zero-order valence-electron chi connectivity index (χ0n) is 8.75. The molecule has 0 unspecified atom stereocenters. The van der Waals surface area contributed by atoms with Crippen LogP contribution in [0.25, 0.3) is 11.3 Å².